The monoisotopic (exact) mass is 225 g/mol. The Labute approximate surface area is 103 Å². The first kappa shape index (κ1) is 14.0. The predicted octanol–water partition coefficient (Wildman–Crippen LogP) is 4.18. The van der Waals surface area contributed by atoms with Gasteiger partial charge in [0.15, 0.2) is 0 Å². The van der Waals surface area contributed by atoms with Gasteiger partial charge in [-0.3, -0.25) is 4.90 Å². The lowest BCUT2D eigenvalue weighted by molar-refractivity contribution is 0.132. The topological polar surface area (TPSA) is 3.24 Å². The molecule has 16 heavy (non-hydrogen) atoms. The van der Waals surface area contributed by atoms with E-state index < -0.39 is 0 Å². The summed E-state index contributed by atoms with van der Waals surface area (Å²) in [6.45, 7) is 19.2. The summed E-state index contributed by atoms with van der Waals surface area (Å²) < 4.78 is 0. The molecule has 0 aromatic rings. The van der Waals surface area contributed by atoms with Gasteiger partial charge in [0.1, 0.15) is 0 Å². The van der Waals surface area contributed by atoms with Gasteiger partial charge in [0.05, 0.1) is 0 Å². The Morgan fingerprint density at radius 3 is 1.81 bits per heavy atom. The van der Waals surface area contributed by atoms with Gasteiger partial charge in [0, 0.05) is 5.54 Å². The van der Waals surface area contributed by atoms with Crippen molar-refractivity contribution in [1.82, 2.24) is 4.90 Å². The molecule has 0 aromatic heterocycles. The number of hydrogen-bond acceptors (Lipinski definition) is 1. The van der Waals surface area contributed by atoms with Crippen LogP contribution in [0.15, 0.2) is 0 Å². The van der Waals surface area contributed by atoms with E-state index in [4.69, 9.17) is 0 Å². The van der Waals surface area contributed by atoms with Gasteiger partial charge in [-0.2, -0.15) is 0 Å². The fourth-order valence-corrected chi connectivity index (χ4v) is 3.21. The molecule has 0 radical (unpaired) electrons. The molecule has 96 valence electrons. The predicted molar refractivity (Wildman–Crippen MR) is 72.7 cm³/mol. The van der Waals surface area contributed by atoms with Gasteiger partial charge in [0.25, 0.3) is 0 Å². The van der Waals surface area contributed by atoms with E-state index >= 15 is 0 Å². The van der Waals surface area contributed by atoms with Crippen LogP contribution in [0.5, 0.6) is 0 Å². The normalized spacial score (nSPS) is 30.2. The van der Waals surface area contributed by atoms with Crippen LogP contribution in [0.25, 0.3) is 0 Å². The fourth-order valence-electron chi connectivity index (χ4n) is 3.21. The first-order chi connectivity index (χ1) is 7.12. The summed E-state index contributed by atoms with van der Waals surface area (Å²) in [5.41, 5.74) is 0.805. The summed E-state index contributed by atoms with van der Waals surface area (Å²) in [5.74, 6) is 1.74. The molecular formula is C15H31N. The summed E-state index contributed by atoms with van der Waals surface area (Å²) in [4.78, 5) is 2.66. The van der Waals surface area contributed by atoms with Gasteiger partial charge < -0.3 is 0 Å². The van der Waals surface area contributed by atoms with E-state index in [1.54, 1.807) is 0 Å². The first-order valence-electron chi connectivity index (χ1n) is 6.87. The Hall–Kier alpha value is -0.0400. The Morgan fingerprint density at radius 2 is 1.38 bits per heavy atom. The Morgan fingerprint density at radius 1 is 0.875 bits per heavy atom. The highest BCUT2D eigenvalue weighted by Gasteiger charge is 2.34. The van der Waals surface area contributed by atoms with E-state index in [1.165, 1.54) is 25.9 Å². The quantitative estimate of drug-likeness (QED) is 0.598. The third kappa shape index (κ3) is 3.48. The van der Waals surface area contributed by atoms with E-state index in [1.807, 2.05) is 0 Å². The van der Waals surface area contributed by atoms with E-state index in [9.17, 15) is 0 Å². The van der Waals surface area contributed by atoms with Crippen LogP contribution in [0.2, 0.25) is 0 Å². The van der Waals surface area contributed by atoms with Gasteiger partial charge in [-0.05, 0) is 64.0 Å². The maximum absolute atomic E-state index is 2.66. The molecule has 0 spiro atoms. The van der Waals surface area contributed by atoms with Gasteiger partial charge in [0.2, 0.25) is 0 Å². The molecule has 0 aliphatic carbocycles. The molecule has 0 bridgehead atoms. The lowest BCUT2D eigenvalue weighted by Gasteiger charge is -2.36. The van der Waals surface area contributed by atoms with Crippen molar-refractivity contribution in [2.45, 2.75) is 66.8 Å². The Kier molecular flexibility index (Phi) is 4.10. The van der Waals surface area contributed by atoms with Gasteiger partial charge in [-0.25, -0.2) is 0 Å². The number of rotatable bonds is 0. The zero-order valence-electron chi connectivity index (χ0n) is 12.4. The summed E-state index contributed by atoms with van der Waals surface area (Å²) in [5, 5.41) is 0. The van der Waals surface area contributed by atoms with Crippen molar-refractivity contribution in [1.29, 1.82) is 0 Å². The average Bonchev–Trinajstić information content (AvgIpc) is 2.23. The van der Waals surface area contributed by atoms with Crippen LogP contribution >= 0.6 is 0 Å². The van der Waals surface area contributed by atoms with Gasteiger partial charge in [-0.15, -0.1) is 0 Å². The highest BCUT2D eigenvalue weighted by Crippen LogP contribution is 2.39. The number of hydrogen-bond donors (Lipinski definition) is 0. The largest absolute Gasteiger partial charge is 0.298 e. The van der Waals surface area contributed by atoms with E-state index in [2.05, 4.69) is 53.4 Å². The summed E-state index contributed by atoms with van der Waals surface area (Å²) in [6, 6.07) is 0. The van der Waals surface area contributed by atoms with Crippen molar-refractivity contribution >= 4 is 0 Å². The van der Waals surface area contributed by atoms with Crippen LogP contribution in [0.4, 0.5) is 0 Å². The lowest BCUT2D eigenvalue weighted by Crippen LogP contribution is -2.42. The average molecular weight is 225 g/mol. The highest BCUT2D eigenvalue weighted by molar-refractivity contribution is 4.86. The smallest absolute Gasteiger partial charge is 0.0125 e. The van der Waals surface area contributed by atoms with Crippen molar-refractivity contribution in [2.24, 2.45) is 17.3 Å². The summed E-state index contributed by atoms with van der Waals surface area (Å²) >= 11 is 0. The Balaban J connectivity index is 2.70. The standard InChI is InChI=1S/C15H31N/c1-12-8-10-16(15(5,6)7)11-9-13(12)14(2,3)4/h12-13H,8-11H2,1-7H3. The van der Waals surface area contributed by atoms with E-state index in [0.717, 1.165) is 11.8 Å². The molecule has 0 saturated carbocycles. The molecule has 1 aliphatic heterocycles. The summed E-state index contributed by atoms with van der Waals surface area (Å²) in [7, 11) is 0. The van der Waals surface area contributed by atoms with Crippen LogP contribution in [-0.2, 0) is 0 Å². The van der Waals surface area contributed by atoms with E-state index in [-0.39, 0.29) is 0 Å². The molecule has 1 heterocycles. The van der Waals surface area contributed by atoms with Crippen molar-refractivity contribution in [2.75, 3.05) is 13.1 Å². The molecule has 1 nitrogen and oxygen atoms in total. The van der Waals surface area contributed by atoms with Crippen molar-refractivity contribution in [3.63, 3.8) is 0 Å². The lowest BCUT2D eigenvalue weighted by atomic mass is 9.71. The van der Waals surface area contributed by atoms with Gasteiger partial charge in [-0.1, -0.05) is 27.7 Å². The molecule has 0 N–H and O–H groups in total. The molecule has 1 saturated heterocycles. The second-order valence-corrected chi connectivity index (χ2v) is 7.69. The molecule has 0 aromatic carbocycles. The van der Waals surface area contributed by atoms with Crippen LogP contribution in [0.1, 0.15) is 61.3 Å². The molecule has 1 fully saturated rings. The van der Waals surface area contributed by atoms with Crippen LogP contribution in [0, 0.1) is 17.3 Å². The van der Waals surface area contributed by atoms with Gasteiger partial charge >= 0.3 is 0 Å². The molecule has 2 atom stereocenters. The SMILES string of the molecule is CC1CCN(C(C)(C)C)CCC1C(C)(C)C. The summed E-state index contributed by atoms with van der Waals surface area (Å²) in [6.07, 6.45) is 2.72. The van der Waals surface area contributed by atoms with Crippen molar-refractivity contribution < 1.29 is 0 Å². The fraction of sp³-hybridized carbons (Fsp3) is 1.00. The first-order valence-corrected chi connectivity index (χ1v) is 6.87. The minimum Gasteiger partial charge on any atom is -0.298 e. The molecular weight excluding hydrogens is 194 g/mol. The minimum absolute atomic E-state index is 0.340. The molecule has 1 aliphatic rings. The molecule has 1 rings (SSSR count). The van der Waals surface area contributed by atoms with Crippen LogP contribution in [0.3, 0.4) is 0 Å². The zero-order chi connectivity index (χ0) is 12.6. The molecule has 1 heteroatoms. The number of likely N-dealkylation sites (tertiary alicyclic amines) is 1. The third-order valence-electron chi connectivity index (χ3n) is 4.31. The zero-order valence-corrected chi connectivity index (χ0v) is 12.4. The second-order valence-electron chi connectivity index (χ2n) is 7.69. The van der Waals surface area contributed by atoms with Crippen LogP contribution < -0.4 is 0 Å². The van der Waals surface area contributed by atoms with Crippen molar-refractivity contribution in [3.8, 4) is 0 Å². The van der Waals surface area contributed by atoms with E-state index in [0.29, 0.717) is 11.0 Å². The van der Waals surface area contributed by atoms with Crippen molar-refractivity contribution in [3.05, 3.63) is 0 Å². The third-order valence-corrected chi connectivity index (χ3v) is 4.31. The minimum atomic E-state index is 0.340. The van der Waals surface area contributed by atoms with Crippen LogP contribution in [-0.4, -0.2) is 23.5 Å². The highest BCUT2D eigenvalue weighted by atomic mass is 15.2. The number of nitrogens with zero attached hydrogens (tertiary/aromatic N) is 1. The molecule has 0 amide bonds. The Bertz CT molecular complexity index is 219. The second kappa shape index (κ2) is 4.68. The maximum atomic E-state index is 2.66. The molecule has 2 unspecified atom stereocenters. The maximum Gasteiger partial charge on any atom is 0.0125 e.